The lowest BCUT2D eigenvalue weighted by atomic mass is 9.93. The number of aromatic nitrogens is 1. The SMILES string of the molecule is Cc1ccc2nc(N3C(=O)C(=O)/C(=C(/O)c4ccc(F)cc4)[C@@H]3c3ccc(C(C)C)cc3)sc2c1. The molecule has 0 unspecified atom stereocenters. The molecule has 3 aromatic carbocycles. The first-order valence-electron chi connectivity index (χ1n) is 11.3. The third-order valence-electron chi connectivity index (χ3n) is 6.22. The van der Waals surface area contributed by atoms with E-state index in [1.54, 1.807) is 0 Å². The molecule has 35 heavy (non-hydrogen) atoms. The number of benzene rings is 3. The van der Waals surface area contributed by atoms with Crippen molar-refractivity contribution in [3.8, 4) is 0 Å². The highest BCUT2D eigenvalue weighted by atomic mass is 32.1. The van der Waals surface area contributed by atoms with Crippen LogP contribution >= 0.6 is 11.3 Å². The van der Waals surface area contributed by atoms with E-state index in [-0.39, 0.29) is 16.9 Å². The van der Waals surface area contributed by atoms with Crippen molar-refractivity contribution in [2.75, 3.05) is 4.90 Å². The van der Waals surface area contributed by atoms with Crippen LogP contribution in [-0.2, 0) is 9.59 Å². The second kappa shape index (κ2) is 8.74. The number of thiazole rings is 1. The van der Waals surface area contributed by atoms with Gasteiger partial charge in [-0.05, 0) is 65.9 Å². The highest BCUT2D eigenvalue weighted by Gasteiger charge is 2.48. The average molecular weight is 487 g/mol. The molecule has 0 saturated carbocycles. The Balaban J connectivity index is 1.71. The van der Waals surface area contributed by atoms with Gasteiger partial charge in [0.25, 0.3) is 5.78 Å². The number of rotatable bonds is 4. The average Bonchev–Trinajstić information content (AvgIpc) is 3.37. The van der Waals surface area contributed by atoms with Crippen molar-refractivity contribution < 1.29 is 19.1 Å². The number of nitrogens with zero attached hydrogens (tertiary/aromatic N) is 2. The molecule has 5 nitrogen and oxygen atoms in total. The number of anilines is 1. The minimum Gasteiger partial charge on any atom is -0.507 e. The van der Waals surface area contributed by atoms with Crippen LogP contribution < -0.4 is 4.90 Å². The molecule has 0 aliphatic carbocycles. The van der Waals surface area contributed by atoms with Gasteiger partial charge in [-0.1, -0.05) is 55.5 Å². The van der Waals surface area contributed by atoms with Crippen LogP contribution in [0, 0.1) is 12.7 Å². The second-order valence-electron chi connectivity index (χ2n) is 8.96. The number of aliphatic hydroxyl groups excluding tert-OH is 1. The molecule has 0 radical (unpaired) electrons. The van der Waals surface area contributed by atoms with Crippen LogP contribution in [0.15, 0.2) is 72.3 Å². The molecule has 176 valence electrons. The number of hydrogen-bond acceptors (Lipinski definition) is 5. The topological polar surface area (TPSA) is 70.5 Å². The Morgan fingerprint density at radius 2 is 1.71 bits per heavy atom. The Labute approximate surface area is 206 Å². The van der Waals surface area contributed by atoms with Gasteiger partial charge in [0.1, 0.15) is 11.6 Å². The van der Waals surface area contributed by atoms with E-state index in [2.05, 4.69) is 18.8 Å². The molecular weight excluding hydrogens is 463 g/mol. The predicted octanol–water partition coefficient (Wildman–Crippen LogP) is 6.49. The summed E-state index contributed by atoms with van der Waals surface area (Å²) in [7, 11) is 0. The summed E-state index contributed by atoms with van der Waals surface area (Å²) in [5.74, 6) is -2.07. The van der Waals surface area contributed by atoms with Crippen LogP contribution in [-0.4, -0.2) is 21.8 Å². The molecule has 1 fully saturated rings. The lowest BCUT2D eigenvalue weighted by Crippen LogP contribution is -2.29. The fraction of sp³-hybridized carbons (Fsp3) is 0.179. The maximum atomic E-state index is 13.5. The zero-order chi connectivity index (χ0) is 24.9. The Morgan fingerprint density at radius 1 is 1.03 bits per heavy atom. The van der Waals surface area contributed by atoms with Gasteiger partial charge in [-0.25, -0.2) is 9.37 Å². The number of carbonyl (C=O) groups excluding carboxylic acids is 2. The van der Waals surface area contributed by atoms with Gasteiger partial charge < -0.3 is 5.11 Å². The van der Waals surface area contributed by atoms with Crippen LogP contribution in [0.3, 0.4) is 0 Å². The van der Waals surface area contributed by atoms with Gasteiger partial charge in [0.2, 0.25) is 0 Å². The molecule has 2 heterocycles. The van der Waals surface area contributed by atoms with E-state index in [0.29, 0.717) is 16.6 Å². The molecule has 7 heteroatoms. The molecule has 5 rings (SSSR count). The highest BCUT2D eigenvalue weighted by Crippen LogP contribution is 2.44. The fourth-order valence-corrected chi connectivity index (χ4v) is 5.38. The summed E-state index contributed by atoms with van der Waals surface area (Å²) in [4.78, 5) is 32.6. The summed E-state index contributed by atoms with van der Waals surface area (Å²) in [6.07, 6.45) is 0. The molecule has 1 atom stereocenters. The summed E-state index contributed by atoms with van der Waals surface area (Å²) >= 11 is 1.32. The van der Waals surface area contributed by atoms with Crippen molar-refractivity contribution in [2.24, 2.45) is 0 Å². The first-order valence-corrected chi connectivity index (χ1v) is 12.1. The third-order valence-corrected chi connectivity index (χ3v) is 7.24. The summed E-state index contributed by atoms with van der Waals surface area (Å²) in [5, 5.41) is 11.5. The molecule has 4 aromatic rings. The van der Waals surface area contributed by atoms with Crippen molar-refractivity contribution in [1.82, 2.24) is 4.98 Å². The Bertz CT molecular complexity index is 1490. The zero-order valence-corrected chi connectivity index (χ0v) is 20.3. The number of carbonyl (C=O) groups is 2. The van der Waals surface area contributed by atoms with Gasteiger partial charge in [-0.3, -0.25) is 14.5 Å². The van der Waals surface area contributed by atoms with E-state index in [4.69, 9.17) is 0 Å². The van der Waals surface area contributed by atoms with E-state index in [0.717, 1.165) is 21.3 Å². The molecule has 0 bridgehead atoms. The maximum absolute atomic E-state index is 13.5. The zero-order valence-electron chi connectivity index (χ0n) is 19.4. The van der Waals surface area contributed by atoms with E-state index < -0.39 is 23.5 Å². The number of aryl methyl sites for hydroxylation is 1. The molecule has 0 spiro atoms. The first-order chi connectivity index (χ1) is 16.7. The molecular formula is C28H23FN2O3S. The molecule has 1 aliphatic heterocycles. The van der Waals surface area contributed by atoms with Crippen LogP contribution in [0.4, 0.5) is 9.52 Å². The Hall–Kier alpha value is -3.84. The van der Waals surface area contributed by atoms with Gasteiger partial charge in [-0.15, -0.1) is 0 Å². The second-order valence-corrected chi connectivity index (χ2v) is 9.97. The number of Topliss-reactive ketones (excluding diaryl/α,β-unsaturated/α-hetero) is 1. The van der Waals surface area contributed by atoms with Gasteiger partial charge in [0.05, 0.1) is 21.8 Å². The molecule has 1 aromatic heterocycles. The minimum absolute atomic E-state index is 0.0469. The molecule has 1 amide bonds. The monoisotopic (exact) mass is 486 g/mol. The fourth-order valence-electron chi connectivity index (χ4n) is 4.29. The normalized spacial score (nSPS) is 17.6. The van der Waals surface area contributed by atoms with Gasteiger partial charge in [-0.2, -0.15) is 0 Å². The van der Waals surface area contributed by atoms with E-state index in [9.17, 15) is 19.1 Å². The largest absolute Gasteiger partial charge is 0.507 e. The van der Waals surface area contributed by atoms with Crippen molar-refractivity contribution in [1.29, 1.82) is 0 Å². The molecule has 1 aliphatic rings. The summed E-state index contributed by atoms with van der Waals surface area (Å²) in [6, 6.07) is 17.8. The van der Waals surface area contributed by atoms with E-state index in [1.165, 1.54) is 40.5 Å². The Morgan fingerprint density at radius 3 is 2.37 bits per heavy atom. The number of halogens is 1. The summed E-state index contributed by atoms with van der Waals surface area (Å²) in [6.45, 7) is 6.14. The van der Waals surface area contributed by atoms with E-state index >= 15 is 0 Å². The van der Waals surface area contributed by atoms with Crippen LogP contribution in [0.2, 0.25) is 0 Å². The molecule has 1 saturated heterocycles. The van der Waals surface area contributed by atoms with Crippen LogP contribution in [0.25, 0.3) is 16.0 Å². The first kappa shape index (κ1) is 22.9. The third kappa shape index (κ3) is 4.02. The molecule has 1 N–H and O–H groups in total. The van der Waals surface area contributed by atoms with Gasteiger partial charge in [0.15, 0.2) is 5.13 Å². The summed E-state index contributed by atoms with van der Waals surface area (Å²) < 4.78 is 14.4. The Kier molecular flexibility index (Phi) is 5.73. The summed E-state index contributed by atoms with van der Waals surface area (Å²) in [5.41, 5.74) is 3.78. The number of hydrogen-bond donors (Lipinski definition) is 1. The smallest absolute Gasteiger partial charge is 0.301 e. The lowest BCUT2D eigenvalue weighted by molar-refractivity contribution is -0.132. The predicted molar refractivity (Wildman–Crippen MR) is 136 cm³/mol. The van der Waals surface area contributed by atoms with Crippen molar-refractivity contribution in [2.45, 2.75) is 32.7 Å². The lowest BCUT2D eigenvalue weighted by Gasteiger charge is -2.23. The van der Waals surface area contributed by atoms with Crippen LogP contribution in [0.5, 0.6) is 0 Å². The quantitative estimate of drug-likeness (QED) is 0.203. The number of ketones is 1. The minimum atomic E-state index is -0.872. The standard InChI is InChI=1S/C28H23FN2O3S/c1-15(2)17-5-7-18(8-6-17)24-23(25(32)19-9-11-20(29)12-10-19)26(33)27(34)31(24)28-30-21-13-4-16(3)14-22(21)35-28/h4-15,24,32H,1-3H3/b25-23+/t24-/m0/s1. The van der Waals surface area contributed by atoms with Crippen molar-refractivity contribution in [3.05, 3.63) is 100 Å². The number of fused-ring (bicyclic) bond motifs is 1. The van der Waals surface area contributed by atoms with Crippen molar-refractivity contribution >= 4 is 44.1 Å². The maximum Gasteiger partial charge on any atom is 0.301 e. The highest BCUT2D eigenvalue weighted by molar-refractivity contribution is 7.22. The number of amides is 1. The number of aliphatic hydroxyl groups is 1. The van der Waals surface area contributed by atoms with Crippen molar-refractivity contribution in [3.63, 3.8) is 0 Å². The van der Waals surface area contributed by atoms with Gasteiger partial charge >= 0.3 is 5.91 Å². The van der Waals surface area contributed by atoms with Crippen LogP contribution in [0.1, 0.15) is 48.1 Å². The van der Waals surface area contributed by atoms with E-state index in [1.807, 2.05) is 49.4 Å². The van der Waals surface area contributed by atoms with Gasteiger partial charge in [0, 0.05) is 5.56 Å².